The van der Waals surface area contributed by atoms with Crippen LogP contribution in [0.1, 0.15) is 23.6 Å². The van der Waals surface area contributed by atoms with Gasteiger partial charge in [-0.1, -0.05) is 54.6 Å². The molecule has 1 atom stereocenters. The number of carbonyl (C=O) groups is 2. The number of rotatable bonds is 8. The highest BCUT2D eigenvalue weighted by Crippen LogP contribution is 2.32. The molecule has 0 saturated carbocycles. The minimum atomic E-state index is -0.994. The molecule has 0 spiro atoms. The number of esters is 1. The first kappa shape index (κ1) is 22.9. The minimum Gasteiger partial charge on any atom is -0.496 e. The molecular formula is C27H25NO6. The summed E-state index contributed by atoms with van der Waals surface area (Å²) < 4.78 is 21.6. The van der Waals surface area contributed by atoms with Crippen molar-refractivity contribution in [3.63, 3.8) is 0 Å². The monoisotopic (exact) mass is 459 g/mol. The number of ether oxygens (including phenoxy) is 4. The number of para-hydroxylation sites is 1. The van der Waals surface area contributed by atoms with Crippen molar-refractivity contribution in [2.24, 2.45) is 0 Å². The first-order valence-electron chi connectivity index (χ1n) is 10.8. The Bertz CT molecular complexity index is 1200. The Hall–Kier alpha value is -4.26. The van der Waals surface area contributed by atoms with E-state index in [1.807, 2.05) is 66.7 Å². The van der Waals surface area contributed by atoms with Gasteiger partial charge in [-0.3, -0.25) is 4.79 Å². The van der Waals surface area contributed by atoms with Crippen LogP contribution in [0.15, 0.2) is 72.8 Å². The van der Waals surface area contributed by atoms with Gasteiger partial charge in [0.05, 0.1) is 12.7 Å². The van der Waals surface area contributed by atoms with E-state index in [-0.39, 0.29) is 13.3 Å². The van der Waals surface area contributed by atoms with Gasteiger partial charge >= 0.3 is 5.97 Å². The zero-order valence-electron chi connectivity index (χ0n) is 18.9. The highest BCUT2D eigenvalue weighted by molar-refractivity contribution is 6.22. The van der Waals surface area contributed by atoms with Crippen molar-refractivity contribution >= 4 is 23.5 Å². The van der Waals surface area contributed by atoms with Crippen LogP contribution >= 0.6 is 0 Å². The average molecular weight is 459 g/mol. The molecule has 0 saturated heterocycles. The molecule has 174 valence electrons. The normalized spacial score (nSPS) is 13.2. The molecular weight excluding hydrogens is 434 g/mol. The molecule has 0 radical (unpaired) electrons. The lowest BCUT2D eigenvalue weighted by molar-refractivity contribution is -0.149. The number of nitrogens with one attached hydrogen (secondary N) is 1. The van der Waals surface area contributed by atoms with Crippen molar-refractivity contribution in [2.75, 3.05) is 13.9 Å². The van der Waals surface area contributed by atoms with Gasteiger partial charge < -0.3 is 24.3 Å². The average Bonchev–Trinajstić information content (AvgIpc) is 3.34. The molecule has 0 bridgehead atoms. The van der Waals surface area contributed by atoms with Gasteiger partial charge in [-0.25, -0.2) is 4.79 Å². The Kier molecular flexibility index (Phi) is 7.13. The fourth-order valence-corrected chi connectivity index (χ4v) is 3.48. The predicted molar refractivity (Wildman–Crippen MR) is 127 cm³/mol. The maximum absolute atomic E-state index is 13.1. The Morgan fingerprint density at radius 1 is 1.00 bits per heavy atom. The van der Waals surface area contributed by atoms with Crippen molar-refractivity contribution in [3.8, 4) is 17.2 Å². The quantitative estimate of drug-likeness (QED) is 0.309. The molecule has 1 heterocycles. The van der Waals surface area contributed by atoms with Gasteiger partial charge in [-0.2, -0.15) is 0 Å². The first-order chi connectivity index (χ1) is 16.5. The van der Waals surface area contributed by atoms with Crippen LogP contribution in [0.2, 0.25) is 0 Å². The summed E-state index contributed by atoms with van der Waals surface area (Å²) >= 11 is 0. The van der Waals surface area contributed by atoms with Crippen LogP contribution in [0.4, 0.5) is 0 Å². The van der Waals surface area contributed by atoms with Crippen LogP contribution in [-0.4, -0.2) is 31.9 Å². The van der Waals surface area contributed by atoms with Crippen LogP contribution in [0.5, 0.6) is 17.2 Å². The molecule has 1 unspecified atom stereocenters. The Morgan fingerprint density at radius 3 is 2.53 bits per heavy atom. The molecule has 0 fully saturated rings. The summed E-state index contributed by atoms with van der Waals surface area (Å²) in [6.07, 6.45) is 0.708. The van der Waals surface area contributed by atoms with Crippen molar-refractivity contribution in [2.45, 2.75) is 19.6 Å². The number of benzene rings is 3. The standard InChI is InChI=1S/C27H25NO6/c1-18(26(29)28-16-19-12-13-24-25(14-19)33-17-32-24)34-27(30)22(20-8-4-3-5-9-20)15-21-10-6-7-11-23(21)31-2/h3-15,18H,16-17H2,1-2H3,(H,28,29). The lowest BCUT2D eigenvalue weighted by atomic mass is 10.0. The molecule has 7 nitrogen and oxygen atoms in total. The predicted octanol–water partition coefficient (Wildman–Crippen LogP) is 4.21. The second-order valence-corrected chi connectivity index (χ2v) is 7.62. The Labute approximate surface area is 197 Å². The minimum absolute atomic E-state index is 0.185. The fourth-order valence-electron chi connectivity index (χ4n) is 3.48. The Balaban J connectivity index is 1.46. The van der Waals surface area contributed by atoms with E-state index >= 15 is 0 Å². The number of methoxy groups -OCH3 is 1. The van der Waals surface area contributed by atoms with Gasteiger partial charge in [0.1, 0.15) is 5.75 Å². The van der Waals surface area contributed by atoms with Crippen LogP contribution < -0.4 is 19.5 Å². The molecule has 34 heavy (non-hydrogen) atoms. The van der Waals surface area contributed by atoms with Gasteiger partial charge in [0, 0.05) is 12.1 Å². The third-order valence-electron chi connectivity index (χ3n) is 5.30. The third kappa shape index (κ3) is 5.38. The van der Waals surface area contributed by atoms with E-state index in [0.717, 1.165) is 11.1 Å². The lowest BCUT2D eigenvalue weighted by Crippen LogP contribution is -2.35. The van der Waals surface area contributed by atoms with E-state index in [0.29, 0.717) is 28.4 Å². The molecule has 3 aromatic carbocycles. The number of fused-ring (bicyclic) bond motifs is 1. The van der Waals surface area contributed by atoms with Gasteiger partial charge in [0.15, 0.2) is 17.6 Å². The highest BCUT2D eigenvalue weighted by atomic mass is 16.7. The van der Waals surface area contributed by atoms with Gasteiger partial charge in [0.2, 0.25) is 6.79 Å². The SMILES string of the molecule is COc1ccccc1C=C(C(=O)OC(C)C(=O)NCc1ccc2c(c1)OCO2)c1ccccc1. The molecule has 1 aliphatic heterocycles. The van der Waals surface area contributed by atoms with Crippen LogP contribution in [-0.2, 0) is 20.9 Å². The number of hydrogen-bond acceptors (Lipinski definition) is 6. The van der Waals surface area contributed by atoms with Crippen LogP contribution in [0.25, 0.3) is 11.6 Å². The van der Waals surface area contributed by atoms with E-state index in [2.05, 4.69) is 5.32 Å². The van der Waals surface area contributed by atoms with E-state index < -0.39 is 18.0 Å². The molecule has 0 aliphatic carbocycles. The zero-order valence-corrected chi connectivity index (χ0v) is 18.9. The summed E-state index contributed by atoms with van der Waals surface area (Å²) in [5, 5.41) is 2.79. The van der Waals surface area contributed by atoms with E-state index in [1.165, 1.54) is 0 Å². The third-order valence-corrected chi connectivity index (χ3v) is 5.30. The maximum atomic E-state index is 13.1. The largest absolute Gasteiger partial charge is 0.496 e. The van der Waals surface area contributed by atoms with Gasteiger partial charge in [0.25, 0.3) is 5.91 Å². The van der Waals surface area contributed by atoms with Gasteiger partial charge in [-0.15, -0.1) is 0 Å². The van der Waals surface area contributed by atoms with Crippen molar-refractivity contribution in [3.05, 3.63) is 89.5 Å². The summed E-state index contributed by atoms with van der Waals surface area (Å²) in [7, 11) is 1.57. The molecule has 4 rings (SSSR count). The van der Waals surface area contributed by atoms with Crippen LogP contribution in [0, 0.1) is 0 Å². The second kappa shape index (κ2) is 10.6. The molecule has 3 aromatic rings. The lowest BCUT2D eigenvalue weighted by Gasteiger charge is -2.16. The van der Waals surface area contributed by atoms with Gasteiger partial charge in [-0.05, 0) is 42.3 Å². The second-order valence-electron chi connectivity index (χ2n) is 7.62. The summed E-state index contributed by atoms with van der Waals surface area (Å²) in [5.41, 5.74) is 2.56. The van der Waals surface area contributed by atoms with E-state index in [4.69, 9.17) is 18.9 Å². The van der Waals surface area contributed by atoms with Crippen molar-refractivity contribution in [1.29, 1.82) is 0 Å². The van der Waals surface area contributed by atoms with Crippen LogP contribution in [0.3, 0.4) is 0 Å². The maximum Gasteiger partial charge on any atom is 0.339 e. The molecule has 1 amide bonds. The Morgan fingerprint density at radius 2 is 1.74 bits per heavy atom. The smallest absolute Gasteiger partial charge is 0.339 e. The zero-order chi connectivity index (χ0) is 23.9. The highest BCUT2D eigenvalue weighted by Gasteiger charge is 2.22. The number of hydrogen-bond donors (Lipinski definition) is 1. The summed E-state index contributed by atoms with van der Waals surface area (Å²) in [5.74, 6) is 0.921. The summed E-state index contributed by atoms with van der Waals surface area (Å²) in [4.78, 5) is 25.7. The molecule has 0 aromatic heterocycles. The first-order valence-corrected chi connectivity index (χ1v) is 10.8. The molecule has 1 N–H and O–H groups in total. The van der Waals surface area contributed by atoms with E-state index in [9.17, 15) is 9.59 Å². The number of carbonyl (C=O) groups excluding carboxylic acids is 2. The van der Waals surface area contributed by atoms with E-state index in [1.54, 1.807) is 26.2 Å². The van der Waals surface area contributed by atoms with Crippen molar-refractivity contribution < 1.29 is 28.5 Å². The molecule has 7 heteroatoms. The number of amides is 1. The summed E-state index contributed by atoms with van der Waals surface area (Å²) in [6, 6.07) is 22.0. The van der Waals surface area contributed by atoms with Crippen molar-refractivity contribution in [1.82, 2.24) is 5.32 Å². The summed E-state index contributed by atoms with van der Waals surface area (Å²) in [6.45, 7) is 1.99. The fraction of sp³-hybridized carbons (Fsp3) is 0.185. The topological polar surface area (TPSA) is 83.1 Å². The molecule has 1 aliphatic rings.